The first-order valence-corrected chi connectivity index (χ1v) is 10.8. The minimum Gasteiger partial charge on any atom is -0.354 e. The van der Waals surface area contributed by atoms with Crippen molar-refractivity contribution in [2.45, 2.75) is 33.2 Å². The number of carbonyl (C=O) groups is 4. The Bertz CT molecular complexity index is 1020. The van der Waals surface area contributed by atoms with Gasteiger partial charge in [0.15, 0.2) is 0 Å². The molecule has 0 spiro atoms. The molecule has 8 heteroatoms. The highest BCUT2D eigenvalue weighted by Crippen LogP contribution is 2.27. The van der Waals surface area contributed by atoms with Crippen LogP contribution in [0.1, 0.15) is 46.5 Å². The molecule has 162 valence electrons. The molecule has 1 heterocycles. The van der Waals surface area contributed by atoms with E-state index in [2.05, 4.69) is 26.6 Å². The van der Waals surface area contributed by atoms with E-state index < -0.39 is 23.8 Å². The minimum absolute atomic E-state index is 0.0601. The van der Waals surface area contributed by atoms with Crippen molar-refractivity contribution in [3.05, 3.63) is 63.6 Å². The van der Waals surface area contributed by atoms with Crippen LogP contribution < -0.4 is 10.6 Å². The number of halogens is 1. The molecular formula is C23H24BrN3O4. The van der Waals surface area contributed by atoms with Crippen LogP contribution >= 0.6 is 15.9 Å². The van der Waals surface area contributed by atoms with Gasteiger partial charge >= 0.3 is 0 Å². The summed E-state index contributed by atoms with van der Waals surface area (Å²) in [6.45, 7) is 5.52. The highest BCUT2D eigenvalue weighted by molar-refractivity contribution is 9.10. The molecule has 0 radical (unpaired) electrons. The zero-order valence-corrected chi connectivity index (χ0v) is 19.2. The Kier molecular flexibility index (Phi) is 6.90. The number of hydrogen-bond acceptors (Lipinski definition) is 4. The molecule has 2 aromatic rings. The average Bonchev–Trinajstić information content (AvgIpc) is 2.96. The maximum absolute atomic E-state index is 12.9. The second-order valence-electron chi connectivity index (χ2n) is 7.76. The molecule has 4 amide bonds. The van der Waals surface area contributed by atoms with Gasteiger partial charge in [-0.1, -0.05) is 48.0 Å². The lowest BCUT2D eigenvalue weighted by molar-refractivity contribution is -0.126. The maximum atomic E-state index is 12.9. The molecule has 1 atom stereocenters. The number of fused-ring (bicyclic) bond motifs is 1. The quantitative estimate of drug-likeness (QED) is 0.586. The van der Waals surface area contributed by atoms with Crippen molar-refractivity contribution in [1.29, 1.82) is 0 Å². The molecule has 0 aliphatic carbocycles. The second kappa shape index (κ2) is 9.43. The average molecular weight is 486 g/mol. The molecule has 31 heavy (non-hydrogen) atoms. The number of amides is 4. The number of hydrogen-bond donors (Lipinski definition) is 2. The number of benzene rings is 2. The molecule has 1 aliphatic heterocycles. The number of anilines is 1. The third-order valence-corrected chi connectivity index (χ3v) is 5.62. The first kappa shape index (κ1) is 22.7. The van der Waals surface area contributed by atoms with E-state index in [-0.39, 0.29) is 24.8 Å². The fourth-order valence-corrected chi connectivity index (χ4v) is 3.89. The van der Waals surface area contributed by atoms with E-state index in [1.807, 2.05) is 25.1 Å². The van der Waals surface area contributed by atoms with E-state index in [9.17, 15) is 19.2 Å². The highest BCUT2D eigenvalue weighted by Gasteiger charge is 2.43. The van der Waals surface area contributed by atoms with Crippen molar-refractivity contribution in [3.63, 3.8) is 0 Å². The lowest BCUT2D eigenvalue weighted by Gasteiger charge is -2.28. The number of aryl methyl sites for hydroxylation is 1. The van der Waals surface area contributed by atoms with Gasteiger partial charge in [0.05, 0.1) is 11.1 Å². The molecule has 3 rings (SSSR count). The fraction of sp³-hybridized carbons (Fsp3) is 0.304. The van der Waals surface area contributed by atoms with Crippen molar-refractivity contribution in [3.8, 4) is 0 Å². The number of rotatable bonds is 7. The van der Waals surface area contributed by atoms with E-state index in [1.54, 1.807) is 38.1 Å². The van der Waals surface area contributed by atoms with Crippen LogP contribution in [0.5, 0.6) is 0 Å². The van der Waals surface area contributed by atoms with Crippen LogP contribution in [0.3, 0.4) is 0 Å². The van der Waals surface area contributed by atoms with Crippen molar-refractivity contribution in [2.24, 2.45) is 5.92 Å². The monoisotopic (exact) mass is 485 g/mol. The van der Waals surface area contributed by atoms with Gasteiger partial charge in [-0.2, -0.15) is 0 Å². The lowest BCUT2D eigenvalue weighted by Crippen LogP contribution is -2.52. The van der Waals surface area contributed by atoms with Gasteiger partial charge in [0.25, 0.3) is 11.8 Å². The van der Waals surface area contributed by atoms with E-state index in [0.717, 1.165) is 14.9 Å². The van der Waals surface area contributed by atoms with Crippen LogP contribution in [0, 0.1) is 12.8 Å². The predicted molar refractivity (Wildman–Crippen MR) is 121 cm³/mol. The molecule has 7 nitrogen and oxygen atoms in total. The van der Waals surface area contributed by atoms with Gasteiger partial charge in [0, 0.05) is 23.1 Å². The summed E-state index contributed by atoms with van der Waals surface area (Å²) in [5.74, 6) is -1.95. The van der Waals surface area contributed by atoms with Crippen LogP contribution in [0.25, 0.3) is 0 Å². The Morgan fingerprint density at radius 1 is 1.03 bits per heavy atom. The highest BCUT2D eigenvalue weighted by atomic mass is 79.9. The summed E-state index contributed by atoms with van der Waals surface area (Å²) in [6.07, 6.45) is 0.0601. The molecule has 1 unspecified atom stereocenters. The Balaban J connectivity index is 1.62. The summed E-state index contributed by atoms with van der Waals surface area (Å²) in [7, 11) is 0. The van der Waals surface area contributed by atoms with Crippen LogP contribution in [-0.2, 0) is 9.59 Å². The molecular weight excluding hydrogens is 462 g/mol. The van der Waals surface area contributed by atoms with Crippen molar-refractivity contribution < 1.29 is 19.2 Å². The van der Waals surface area contributed by atoms with Gasteiger partial charge < -0.3 is 10.6 Å². The number of nitrogens with zero attached hydrogens (tertiary/aromatic N) is 1. The standard InChI is InChI=1S/C23H24BrN3O4/c1-13(2)20(27-22(30)16-6-4-5-7-17(16)23(27)31)21(29)25-11-10-19(28)26-18-12-15(24)9-8-14(18)3/h4-9,12-13,20H,10-11H2,1-3H3,(H,25,29)(H,26,28). The summed E-state index contributed by atoms with van der Waals surface area (Å²) in [4.78, 5) is 51.7. The van der Waals surface area contributed by atoms with Gasteiger partial charge in [-0.05, 0) is 42.7 Å². The van der Waals surface area contributed by atoms with Crippen molar-refractivity contribution >= 4 is 45.2 Å². The van der Waals surface area contributed by atoms with E-state index in [1.165, 1.54) is 0 Å². The number of imide groups is 1. The minimum atomic E-state index is -0.956. The molecule has 2 aromatic carbocycles. The van der Waals surface area contributed by atoms with Crippen LogP contribution in [0.2, 0.25) is 0 Å². The third-order valence-electron chi connectivity index (χ3n) is 5.13. The summed E-state index contributed by atoms with van der Waals surface area (Å²) < 4.78 is 0.849. The molecule has 0 saturated heterocycles. The zero-order valence-electron chi connectivity index (χ0n) is 17.6. The second-order valence-corrected chi connectivity index (χ2v) is 8.68. The Morgan fingerprint density at radius 2 is 1.65 bits per heavy atom. The Morgan fingerprint density at radius 3 is 2.23 bits per heavy atom. The largest absolute Gasteiger partial charge is 0.354 e. The molecule has 0 bridgehead atoms. The van der Waals surface area contributed by atoms with Gasteiger partial charge in [0.1, 0.15) is 6.04 Å². The Labute approximate surface area is 189 Å². The molecule has 0 aromatic heterocycles. The smallest absolute Gasteiger partial charge is 0.262 e. The predicted octanol–water partition coefficient (Wildman–Crippen LogP) is 3.52. The van der Waals surface area contributed by atoms with Crippen molar-refractivity contribution in [2.75, 3.05) is 11.9 Å². The number of nitrogens with one attached hydrogen (secondary N) is 2. The van der Waals surface area contributed by atoms with Crippen molar-refractivity contribution in [1.82, 2.24) is 10.2 Å². The SMILES string of the molecule is Cc1ccc(Br)cc1NC(=O)CCNC(=O)C(C(C)C)N1C(=O)c2ccccc2C1=O. The Hall–Kier alpha value is -3.00. The van der Waals surface area contributed by atoms with Gasteiger partial charge in [0.2, 0.25) is 11.8 Å². The molecule has 0 fully saturated rings. The fourth-order valence-electron chi connectivity index (χ4n) is 3.52. The third kappa shape index (κ3) is 4.85. The normalized spacial score (nSPS) is 13.9. The summed E-state index contributed by atoms with van der Waals surface area (Å²) >= 11 is 3.37. The topological polar surface area (TPSA) is 95.6 Å². The van der Waals surface area contributed by atoms with E-state index in [0.29, 0.717) is 16.8 Å². The van der Waals surface area contributed by atoms with Crippen LogP contribution in [-0.4, -0.2) is 41.1 Å². The van der Waals surface area contributed by atoms with Gasteiger partial charge in [-0.3, -0.25) is 24.1 Å². The van der Waals surface area contributed by atoms with Crippen LogP contribution in [0.4, 0.5) is 5.69 Å². The van der Waals surface area contributed by atoms with E-state index >= 15 is 0 Å². The molecule has 0 saturated carbocycles. The summed E-state index contributed by atoms with van der Waals surface area (Å²) in [5.41, 5.74) is 2.22. The van der Waals surface area contributed by atoms with Crippen LogP contribution in [0.15, 0.2) is 46.9 Å². The lowest BCUT2D eigenvalue weighted by atomic mass is 10.0. The molecule has 2 N–H and O–H groups in total. The van der Waals surface area contributed by atoms with Gasteiger partial charge in [-0.25, -0.2) is 0 Å². The number of carbonyl (C=O) groups excluding carboxylic acids is 4. The first-order chi connectivity index (χ1) is 14.7. The first-order valence-electron chi connectivity index (χ1n) is 10.0. The van der Waals surface area contributed by atoms with Gasteiger partial charge in [-0.15, -0.1) is 0 Å². The van der Waals surface area contributed by atoms with E-state index in [4.69, 9.17) is 0 Å². The summed E-state index contributed by atoms with van der Waals surface area (Å²) in [5, 5.41) is 5.52. The maximum Gasteiger partial charge on any atom is 0.262 e. The molecule has 1 aliphatic rings. The zero-order chi connectivity index (χ0) is 22.7. The summed E-state index contributed by atoms with van der Waals surface area (Å²) in [6, 6.07) is 11.2.